The Hall–Kier alpha value is -2.78. The van der Waals surface area contributed by atoms with Crippen LogP contribution in [-0.2, 0) is 0 Å². The number of fused-ring (bicyclic) bond motifs is 1. The first-order chi connectivity index (χ1) is 12.9. The minimum atomic E-state index is -0.396. The van der Waals surface area contributed by atoms with E-state index >= 15 is 0 Å². The minimum absolute atomic E-state index is 0.00616. The molecule has 9 heteroatoms. The Balaban J connectivity index is 1.99. The van der Waals surface area contributed by atoms with Crippen LogP contribution in [0.4, 0.5) is 22.9 Å². The largest absolute Gasteiger partial charge is 0.378 e. The zero-order valence-electron chi connectivity index (χ0n) is 14.9. The number of nitrogens with zero attached hydrogens (tertiary/aromatic N) is 4. The summed E-state index contributed by atoms with van der Waals surface area (Å²) >= 11 is 3.43. The molecule has 27 heavy (non-hydrogen) atoms. The monoisotopic (exact) mass is 430 g/mol. The summed E-state index contributed by atoms with van der Waals surface area (Å²) in [5, 5.41) is 18.5. The predicted octanol–water partition coefficient (Wildman–Crippen LogP) is 4.02. The highest BCUT2D eigenvalue weighted by atomic mass is 79.9. The normalized spacial score (nSPS) is 11.0. The molecule has 140 valence electrons. The van der Waals surface area contributed by atoms with Gasteiger partial charge in [-0.05, 0) is 38.4 Å². The van der Waals surface area contributed by atoms with Crippen molar-refractivity contribution in [2.24, 2.45) is 0 Å². The maximum Gasteiger partial charge on any atom is 0.293 e. The van der Waals surface area contributed by atoms with Gasteiger partial charge in [-0.15, -0.1) is 0 Å². The second kappa shape index (κ2) is 8.28. The molecule has 0 unspecified atom stereocenters. The molecular formula is C18H19BrN6O2. The zero-order valence-corrected chi connectivity index (χ0v) is 16.5. The van der Waals surface area contributed by atoms with Crippen molar-refractivity contribution in [2.45, 2.75) is 0 Å². The van der Waals surface area contributed by atoms with Gasteiger partial charge in [0.15, 0.2) is 0 Å². The number of hydrogen-bond donors (Lipinski definition) is 2. The van der Waals surface area contributed by atoms with E-state index in [1.165, 1.54) is 12.4 Å². The molecule has 1 heterocycles. The first kappa shape index (κ1) is 19.0. The van der Waals surface area contributed by atoms with Crippen molar-refractivity contribution in [1.82, 2.24) is 14.9 Å². The molecule has 8 nitrogen and oxygen atoms in total. The number of likely N-dealkylation sites (N-methyl/N-ethyl adjacent to an activating group) is 1. The summed E-state index contributed by atoms with van der Waals surface area (Å²) in [4.78, 5) is 21.7. The number of nitrogens with one attached hydrogen (secondary N) is 2. The summed E-state index contributed by atoms with van der Waals surface area (Å²) < 4.78 is 0.921. The average molecular weight is 431 g/mol. The molecule has 0 bridgehead atoms. The highest BCUT2D eigenvalue weighted by Crippen LogP contribution is 2.33. The average Bonchev–Trinajstić information content (AvgIpc) is 2.61. The fourth-order valence-corrected chi connectivity index (χ4v) is 3.00. The summed E-state index contributed by atoms with van der Waals surface area (Å²) in [6, 6.07) is 10.8. The number of aromatic nitrogens is 2. The Kier molecular flexibility index (Phi) is 5.82. The van der Waals surface area contributed by atoms with Crippen LogP contribution in [0.5, 0.6) is 0 Å². The smallest absolute Gasteiger partial charge is 0.293 e. The van der Waals surface area contributed by atoms with Crippen molar-refractivity contribution in [3.05, 3.63) is 57.3 Å². The molecule has 0 aliphatic heterocycles. The Bertz CT molecular complexity index is 979. The molecule has 0 radical (unpaired) electrons. The van der Waals surface area contributed by atoms with Gasteiger partial charge in [-0.1, -0.05) is 22.0 Å². The van der Waals surface area contributed by atoms with Gasteiger partial charge >= 0.3 is 0 Å². The number of nitro groups is 1. The van der Waals surface area contributed by atoms with Crippen LogP contribution in [0.2, 0.25) is 0 Å². The van der Waals surface area contributed by atoms with Crippen molar-refractivity contribution in [1.29, 1.82) is 0 Å². The van der Waals surface area contributed by atoms with Crippen LogP contribution in [0.3, 0.4) is 0 Å². The van der Waals surface area contributed by atoms with Gasteiger partial charge < -0.3 is 15.5 Å². The van der Waals surface area contributed by atoms with Crippen LogP contribution < -0.4 is 10.6 Å². The summed E-state index contributed by atoms with van der Waals surface area (Å²) in [5.41, 5.74) is 1.88. The molecule has 0 saturated heterocycles. The standard InChI is InChI=1S/C18H19BrN6O2/c1-24(2)7-6-20-16-10-15-14(9-17(16)25(26)27)18(22-11-21-15)23-13-5-3-4-12(19)8-13/h3-5,8-11,20H,6-7H2,1-2H3,(H,21,22,23). The quantitative estimate of drug-likeness (QED) is 0.431. The van der Waals surface area contributed by atoms with E-state index < -0.39 is 4.92 Å². The lowest BCUT2D eigenvalue weighted by molar-refractivity contribution is -0.383. The van der Waals surface area contributed by atoms with Crippen LogP contribution in [-0.4, -0.2) is 47.0 Å². The third kappa shape index (κ3) is 4.69. The van der Waals surface area contributed by atoms with E-state index in [1.807, 2.05) is 43.3 Å². The Morgan fingerprint density at radius 1 is 1.22 bits per heavy atom. The van der Waals surface area contributed by atoms with E-state index in [9.17, 15) is 10.1 Å². The van der Waals surface area contributed by atoms with E-state index in [1.54, 1.807) is 6.07 Å². The zero-order chi connectivity index (χ0) is 19.4. The van der Waals surface area contributed by atoms with Crippen LogP contribution in [0.1, 0.15) is 0 Å². The molecule has 0 spiro atoms. The minimum Gasteiger partial charge on any atom is -0.378 e. The van der Waals surface area contributed by atoms with Crippen LogP contribution >= 0.6 is 15.9 Å². The highest BCUT2D eigenvalue weighted by Gasteiger charge is 2.18. The van der Waals surface area contributed by atoms with Crippen LogP contribution in [0, 0.1) is 10.1 Å². The van der Waals surface area contributed by atoms with E-state index in [0.717, 1.165) is 16.7 Å². The van der Waals surface area contributed by atoms with E-state index in [0.29, 0.717) is 29.0 Å². The molecule has 0 aliphatic rings. The topological polar surface area (TPSA) is 96.2 Å². The van der Waals surface area contributed by atoms with Gasteiger partial charge in [0.2, 0.25) is 0 Å². The van der Waals surface area contributed by atoms with Gasteiger partial charge in [0.25, 0.3) is 5.69 Å². The first-order valence-electron chi connectivity index (χ1n) is 8.28. The van der Waals surface area contributed by atoms with Crippen molar-refractivity contribution in [3.8, 4) is 0 Å². The Morgan fingerprint density at radius 2 is 2.04 bits per heavy atom. The third-order valence-corrected chi connectivity index (χ3v) is 4.40. The van der Waals surface area contributed by atoms with E-state index in [4.69, 9.17) is 0 Å². The van der Waals surface area contributed by atoms with Crippen molar-refractivity contribution in [3.63, 3.8) is 0 Å². The number of nitro benzene ring substituents is 1. The van der Waals surface area contributed by atoms with Crippen molar-refractivity contribution < 1.29 is 4.92 Å². The van der Waals surface area contributed by atoms with Crippen molar-refractivity contribution in [2.75, 3.05) is 37.8 Å². The number of benzene rings is 2. The molecule has 0 amide bonds. The van der Waals surface area contributed by atoms with Crippen molar-refractivity contribution >= 4 is 49.7 Å². The van der Waals surface area contributed by atoms with Crippen LogP contribution in [0.25, 0.3) is 10.9 Å². The van der Waals surface area contributed by atoms with E-state index in [2.05, 4.69) is 36.5 Å². The van der Waals surface area contributed by atoms with Crippen LogP contribution in [0.15, 0.2) is 47.2 Å². The lowest BCUT2D eigenvalue weighted by Crippen LogP contribution is -2.21. The molecule has 2 aromatic carbocycles. The number of hydrogen-bond acceptors (Lipinski definition) is 7. The summed E-state index contributed by atoms with van der Waals surface area (Å²) in [5.74, 6) is 0.515. The lowest BCUT2D eigenvalue weighted by atomic mass is 10.1. The number of anilines is 3. The molecule has 0 saturated carbocycles. The molecule has 3 aromatic rings. The highest BCUT2D eigenvalue weighted by molar-refractivity contribution is 9.10. The van der Waals surface area contributed by atoms with Gasteiger partial charge in [0, 0.05) is 34.7 Å². The molecule has 1 aromatic heterocycles. The molecular weight excluding hydrogens is 412 g/mol. The van der Waals surface area contributed by atoms with Gasteiger partial charge in [-0.25, -0.2) is 9.97 Å². The lowest BCUT2D eigenvalue weighted by Gasteiger charge is -2.13. The summed E-state index contributed by atoms with van der Waals surface area (Å²) in [7, 11) is 3.90. The number of rotatable bonds is 7. The van der Waals surface area contributed by atoms with Gasteiger partial charge in [-0.3, -0.25) is 10.1 Å². The molecule has 0 aliphatic carbocycles. The molecule has 0 atom stereocenters. The summed E-state index contributed by atoms with van der Waals surface area (Å²) in [6.45, 7) is 1.35. The fraction of sp³-hybridized carbons (Fsp3) is 0.222. The first-order valence-corrected chi connectivity index (χ1v) is 9.07. The van der Waals surface area contributed by atoms with Gasteiger partial charge in [0.1, 0.15) is 17.8 Å². The van der Waals surface area contributed by atoms with Gasteiger partial charge in [-0.2, -0.15) is 0 Å². The Labute approximate surface area is 164 Å². The maximum atomic E-state index is 11.6. The molecule has 2 N–H and O–H groups in total. The molecule has 0 fully saturated rings. The second-order valence-corrected chi connectivity index (χ2v) is 7.15. The van der Waals surface area contributed by atoms with Gasteiger partial charge in [0.05, 0.1) is 10.4 Å². The third-order valence-electron chi connectivity index (χ3n) is 3.91. The molecule has 3 rings (SSSR count). The fourth-order valence-electron chi connectivity index (χ4n) is 2.60. The Morgan fingerprint density at radius 3 is 2.74 bits per heavy atom. The summed E-state index contributed by atoms with van der Waals surface area (Å²) in [6.07, 6.45) is 1.44. The second-order valence-electron chi connectivity index (χ2n) is 6.23. The SMILES string of the molecule is CN(C)CCNc1cc2ncnc(Nc3cccc(Br)c3)c2cc1[N+](=O)[O-]. The van der Waals surface area contributed by atoms with E-state index in [-0.39, 0.29) is 5.69 Å². The predicted molar refractivity (Wildman–Crippen MR) is 111 cm³/mol. The number of halogens is 1. The maximum absolute atomic E-state index is 11.6.